The topological polar surface area (TPSA) is 44.8 Å². The van der Waals surface area contributed by atoms with Crippen LogP contribution in [-0.2, 0) is 11.3 Å². The summed E-state index contributed by atoms with van der Waals surface area (Å²) in [6, 6.07) is 3.03. The van der Waals surface area contributed by atoms with Gasteiger partial charge in [0.1, 0.15) is 23.7 Å². The maximum absolute atomic E-state index is 13.6. The summed E-state index contributed by atoms with van der Waals surface area (Å²) in [5, 5.41) is 0. The standard InChI is InChI=1S/C17H13F5O4/c1-7-4-10(25-3)8(5-9(7)24-2)6-26-17(23)11-12(18)14(20)16(22)15(21)13(11)19/h4-5H,6H2,1-3H3. The molecular weight excluding hydrogens is 363 g/mol. The van der Waals surface area contributed by atoms with E-state index in [0.29, 0.717) is 11.3 Å². The molecule has 0 fully saturated rings. The third-order valence-electron chi connectivity index (χ3n) is 3.57. The van der Waals surface area contributed by atoms with Crippen LogP contribution in [0.1, 0.15) is 21.5 Å². The smallest absolute Gasteiger partial charge is 0.344 e. The van der Waals surface area contributed by atoms with Crippen LogP contribution in [0.3, 0.4) is 0 Å². The highest BCUT2D eigenvalue weighted by Gasteiger charge is 2.30. The zero-order valence-electron chi connectivity index (χ0n) is 13.9. The molecule has 0 unspecified atom stereocenters. The number of benzene rings is 2. The van der Waals surface area contributed by atoms with E-state index in [-0.39, 0.29) is 11.3 Å². The summed E-state index contributed by atoms with van der Waals surface area (Å²) in [6.45, 7) is 1.18. The van der Waals surface area contributed by atoms with Crippen LogP contribution in [0.15, 0.2) is 12.1 Å². The number of carbonyl (C=O) groups is 1. The Bertz CT molecular complexity index is 838. The largest absolute Gasteiger partial charge is 0.496 e. The number of hydrogen-bond donors (Lipinski definition) is 0. The predicted octanol–water partition coefficient (Wildman–Crippen LogP) is 4.06. The third-order valence-corrected chi connectivity index (χ3v) is 3.57. The highest BCUT2D eigenvalue weighted by atomic mass is 19.2. The quantitative estimate of drug-likeness (QED) is 0.342. The Morgan fingerprint density at radius 3 is 1.85 bits per heavy atom. The number of aryl methyl sites for hydroxylation is 1. The lowest BCUT2D eigenvalue weighted by Gasteiger charge is -2.14. The van der Waals surface area contributed by atoms with Gasteiger partial charge in [0.2, 0.25) is 5.82 Å². The zero-order valence-corrected chi connectivity index (χ0v) is 13.9. The maximum Gasteiger partial charge on any atom is 0.344 e. The van der Waals surface area contributed by atoms with Crippen molar-refractivity contribution in [1.82, 2.24) is 0 Å². The molecule has 0 bridgehead atoms. The zero-order chi connectivity index (χ0) is 19.6. The van der Waals surface area contributed by atoms with Crippen molar-refractivity contribution in [3.05, 3.63) is 57.9 Å². The molecule has 0 saturated heterocycles. The van der Waals surface area contributed by atoms with E-state index in [0.717, 1.165) is 0 Å². The van der Waals surface area contributed by atoms with Crippen LogP contribution in [0.25, 0.3) is 0 Å². The predicted molar refractivity (Wildman–Crippen MR) is 79.6 cm³/mol. The van der Waals surface area contributed by atoms with Gasteiger partial charge in [-0.15, -0.1) is 0 Å². The van der Waals surface area contributed by atoms with Crippen molar-refractivity contribution in [3.63, 3.8) is 0 Å². The second-order valence-electron chi connectivity index (χ2n) is 5.15. The van der Waals surface area contributed by atoms with Gasteiger partial charge in [0.15, 0.2) is 23.3 Å². The first-order valence-electron chi connectivity index (χ1n) is 7.12. The van der Waals surface area contributed by atoms with Gasteiger partial charge in [-0.2, -0.15) is 0 Å². The molecule has 0 heterocycles. The molecule has 0 radical (unpaired) electrons. The number of hydrogen-bond acceptors (Lipinski definition) is 4. The summed E-state index contributed by atoms with van der Waals surface area (Å²) in [5.41, 5.74) is -0.689. The molecule has 2 aromatic carbocycles. The van der Waals surface area contributed by atoms with Crippen LogP contribution in [0.5, 0.6) is 11.5 Å². The summed E-state index contributed by atoms with van der Waals surface area (Å²) < 4.78 is 81.5. The lowest BCUT2D eigenvalue weighted by atomic mass is 10.1. The molecule has 140 valence electrons. The van der Waals surface area contributed by atoms with E-state index in [1.165, 1.54) is 20.3 Å². The van der Waals surface area contributed by atoms with E-state index in [1.54, 1.807) is 13.0 Å². The van der Waals surface area contributed by atoms with Gasteiger partial charge in [0.25, 0.3) is 0 Å². The fraction of sp³-hybridized carbons (Fsp3) is 0.235. The number of esters is 1. The summed E-state index contributed by atoms with van der Waals surface area (Å²) in [7, 11) is 2.75. The Kier molecular flexibility index (Phi) is 5.69. The minimum atomic E-state index is -2.36. The molecule has 0 amide bonds. The molecule has 0 aliphatic rings. The van der Waals surface area contributed by atoms with Crippen molar-refractivity contribution in [2.45, 2.75) is 13.5 Å². The average molecular weight is 376 g/mol. The fourth-order valence-electron chi connectivity index (χ4n) is 2.23. The molecule has 0 N–H and O–H groups in total. The Morgan fingerprint density at radius 1 is 0.846 bits per heavy atom. The number of carbonyl (C=O) groups excluding carboxylic acids is 1. The van der Waals surface area contributed by atoms with E-state index in [1.807, 2.05) is 0 Å². The average Bonchev–Trinajstić information content (AvgIpc) is 2.63. The number of ether oxygens (including phenoxy) is 3. The van der Waals surface area contributed by atoms with Crippen molar-refractivity contribution in [2.75, 3.05) is 14.2 Å². The van der Waals surface area contributed by atoms with E-state index in [9.17, 15) is 26.7 Å². The molecule has 0 aliphatic heterocycles. The summed E-state index contributed by atoms with van der Waals surface area (Å²) in [5.74, 6) is -12.3. The van der Waals surface area contributed by atoms with Crippen molar-refractivity contribution < 1.29 is 41.0 Å². The lowest BCUT2D eigenvalue weighted by Crippen LogP contribution is -2.15. The van der Waals surface area contributed by atoms with Gasteiger partial charge in [-0.25, -0.2) is 26.7 Å². The molecule has 9 heteroatoms. The monoisotopic (exact) mass is 376 g/mol. The highest BCUT2D eigenvalue weighted by molar-refractivity contribution is 5.90. The van der Waals surface area contributed by atoms with Crippen molar-refractivity contribution in [2.24, 2.45) is 0 Å². The van der Waals surface area contributed by atoms with Gasteiger partial charge >= 0.3 is 5.97 Å². The van der Waals surface area contributed by atoms with Gasteiger partial charge < -0.3 is 14.2 Å². The molecule has 2 aromatic rings. The minimum Gasteiger partial charge on any atom is -0.496 e. The van der Waals surface area contributed by atoms with Crippen LogP contribution in [0.4, 0.5) is 22.0 Å². The summed E-state index contributed by atoms with van der Waals surface area (Å²) >= 11 is 0. The van der Waals surface area contributed by atoms with Crippen LogP contribution in [0, 0.1) is 36.0 Å². The van der Waals surface area contributed by atoms with Crippen LogP contribution in [0.2, 0.25) is 0 Å². The normalized spacial score (nSPS) is 10.6. The second kappa shape index (κ2) is 7.59. The lowest BCUT2D eigenvalue weighted by molar-refractivity contribution is 0.0455. The maximum atomic E-state index is 13.6. The van der Waals surface area contributed by atoms with Crippen LogP contribution < -0.4 is 9.47 Å². The van der Waals surface area contributed by atoms with Gasteiger partial charge in [-0.1, -0.05) is 0 Å². The van der Waals surface area contributed by atoms with Crippen LogP contribution >= 0.6 is 0 Å². The van der Waals surface area contributed by atoms with Crippen molar-refractivity contribution >= 4 is 5.97 Å². The number of halogens is 5. The highest BCUT2D eigenvalue weighted by Crippen LogP contribution is 2.29. The first-order chi connectivity index (χ1) is 12.2. The third kappa shape index (κ3) is 3.42. The number of rotatable bonds is 5. The molecule has 0 aromatic heterocycles. The fourth-order valence-corrected chi connectivity index (χ4v) is 2.23. The van der Waals surface area contributed by atoms with Gasteiger partial charge in [-0.3, -0.25) is 0 Å². The first-order valence-corrected chi connectivity index (χ1v) is 7.12. The summed E-state index contributed by atoms with van der Waals surface area (Å²) in [6.07, 6.45) is 0. The van der Waals surface area contributed by atoms with E-state index in [4.69, 9.17) is 14.2 Å². The van der Waals surface area contributed by atoms with E-state index < -0.39 is 47.2 Å². The first kappa shape index (κ1) is 19.5. The molecule has 4 nitrogen and oxygen atoms in total. The van der Waals surface area contributed by atoms with Gasteiger partial charge in [0.05, 0.1) is 14.2 Å². The molecule has 0 spiro atoms. The molecule has 2 rings (SSSR count). The Balaban J connectivity index is 2.33. The Hall–Kier alpha value is -2.84. The van der Waals surface area contributed by atoms with E-state index in [2.05, 4.69) is 0 Å². The number of methoxy groups -OCH3 is 2. The Morgan fingerprint density at radius 2 is 1.35 bits per heavy atom. The second-order valence-corrected chi connectivity index (χ2v) is 5.15. The Labute approximate surface area is 145 Å². The molecule has 0 saturated carbocycles. The minimum absolute atomic E-state index is 0.271. The SMILES string of the molecule is COc1cc(COC(=O)c2c(F)c(F)c(F)c(F)c2F)c(OC)cc1C. The van der Waals surface area contributed by atoms with Crippen LogP contribution in [-0.4, -0.2) is 20.2 Å². The molecule has 26 heavy (non-hydrogen) atoms. The van der Waals surface area contributed by atoms with Crippen molar-refractivity contribution in [1.29, 1.82) is 0 Å². The van der Waals surface area contributed by atoms with Crippen molar-refractivity contribution in [3.8, 4) is 11.5 Å². The van der Waals surface area contributed by atoms with Gasteiger partial charge in [-0.05, 0) is 24.6 Å². The van der Waals surface area contributed by atoms with E-state index >= 15 is 0 Å². The molecule has 0 atom stereocenters. The summed E-state index contributed by atoms with van der Waals surface area (Å²) in [4.78, 5) is 11.9. The molecular formula is C17H13F5O4. The van der Waals surface area contributed by atoms with Gasteiger partial charge in [0, 0.05) is 5.56 Å². The molecule has 0 aliphatic carbocycles.